The first-order valence-electron chi connectivity index (χ1n) is 10.6. The van der Waals surface area contributed by atoms with Crippen molar-refractivity contribution in [2.24, 2.45) is 5.92 Å². The highest BCUT2D eigenvalue weighted by molar-refractivity contribution is 5.67. The molecular formula is C23H35N. The Morgan fingerprint density at radius 2 is 1.96 bits per heavy atom. The minimum atomic E-state index is 0.351. The van der Waals surface area contributed by atoms with E-state index in [1.165, 1.54) is 75.5 Å². The number of hydrogen-bond acceptors (Lipinski definition) is 1. The molecule has 1 N–H and O–H groups in total. The number of anilines is 1. The molecule has 24 heavy (non-hydrogen) atoms. The third-order valence-electron chi connectivity index (χ3n) is 7.60. The average Bonchev–Trinajstić information content (AvgIpc) is 2.88. The van der Waals surface area contributed by atoms with Crippen LogP contribution in [0.1, 0.15) is 102 Å². The van der Waals surface area contributed by atoms with Gasteiger partial charge in [0.1, 0.15) is 0 Å². The van der Waals surface area contributed by atoms with Gasteiger partial charge < -0.3 is 5.32 Å². The van der Waals surface area contributed by atoms with E-state index in [-0.39, 0.29) is 0 Å². The zero-order chi connectivity index (χ0) is 16.8. The molecule has 1 spiro atoms. The van der Waals surface area contributed by atoms with Gasteiger partial charge in [-0.15, -0.1) is 0 Å². The normalized spacial score (nSPS) is 34.4. The molecule has 2 saturated carbocycles. The first kappa shape index (κ1) is 16.5. The molecule has 2 aliphatic carbocycles. The summed E-state index contributed by atoms with van der Waals surface area (Å²) in [5.74, 6) is 1.54. The summed E-state index contributed by atoms with van der Waals surface area (Å²) >= 11 is 0. The van der Waals surface area contributed by atoms with E-state index in [4.69, 9.17) is 0 Å². The van der Waals surface area contributed by atoms with Gasteiger partial charge in [-0.2, -0.15) is 0 Å². The second-order valence-electron chi connectivity index (χ2n) is 9.08. The summed E-state index contributed by atoms with van der Waals surface area (Å²) < 4.78 is 0. The highest BCUT2D eigenvalue weighted by atomic mass is 15.1. The second kappa shape index (κ2) is 6.07. The maximum atomic E-state index is 4.14. The van der Waals surface area contributed by atoms with Gasteiger partial charge in [-0.25, -0.2) is 0 Å². The number of fused-ring (bicyclic) bond motifs is 1. The molecule has 0 aromatic heterocycles. The Bertz CT molecular complexity index is 602. The van der Waals surface area contributed by atoms with Crippen molar-refractivity contribution in [1.29, 1.82) is 0 Å². The van der Waals surface area contributed by atoms with Gasteiger partial charge in [0.25, 0.3) is 0 Å². The Hall–Kier alpha value is -0.980. The molecule has 0 amide bonds. The van der Waals surface area contributed by atoms with E-state index >= 15 is 0 Å². The monoisotopic (exact) mass is 325 g/mol. The molecule has 1 heteroatoms. The molecular weight excluding hydrogens is 290 g/mol. The van der Waals surface area contributed by atoms with Crippen molar-refractivity contribution >= 4 is 5.69 Å². The fourth-order valence-electron chi connectivity index (χ4n) is 6.47. The summed E-state index contributed by atoms with van der Waals surface area (Å²) in [7, 11) is 0. The number of nitrogens with one attached hydrogen (secondary N) is 1. The van der Waals surface area contributed by atoms with Gasteiger partial charge >= 0.3 is 0 Å². The van der Waals surface area contributed by atoms with Crippen LogP contribution in [0.3, 0.4) is 0 Å². The smallest absolute Gasteiger partial charge is 0.0473 e. The van der Waals surface area contributed by atoms with E-state index in [1.54, 1.807) is 5.56 Å². The molecule has 3 aliphatic rings. The Kier molecular flexibility index (Phi) is 4.17. The lowest BCUT2D eigenvalue weighted by Gasteiger charge is -2.57. The van der Waals surface area contributed by atoms with Crippen LogP contribution in [0, 0.1) is 5.92 Å². The number of rotatable bonds is 4. The summed E-state index contributed by atoms with van der Waals surface area (Å²) in [6, 6.07) is 7.39. The van der Waals surface area contributed by atoms with Crippen molar-refractivity contribution in [2.75, 3.05) is 5.32 Å². The second-order valence-corrected chi connectivity index (χ2v) is 9.08. The topological polar surface area (TPSA) is 12.0 Å². The number of benzene rings is 1. The first-order chi connectivity index (χ1) is 11.6. The van der Waals surface area contributed by atoms with Gasteiger partial charge in [-0.1, -0.05) is 65.0 Å². The van der Waals surface area contributed by atoms with E-state index in [1.807, 2.05) is 0 Å². The van der Waals surface area contributed by atoms with Gasteiger partial charge in [-0.3, -0.25) is 0 Å². The van der Waals surface area contributed by atoms with E-state index < -0.39 is 0 Å². The minimum absolute atomic E-state index is 0.351. The Labute approximate surface area is 148 Å². The van der Waals surface area contributed by atoms with Crippen LogP contribution in [-0.4, -0.2) is 5.54 Å². The molecule has 132 valence electrons. The Balaban J connectivity index is 1.86. The third kappa shape index (κ3) is 2.19. The van der Waals surface area contributed by atoms with Crippen LogP contribution in [0.25, 0.3) is 0 Å². The van der Waals surface area contributed by atoms with Crippen molar-refractivity contribution in [3.63, 3.8) is 0 Å². The minimum Gasteiger partial charge on any atom is -0.378 e. The molecule has 2 fully saturated rings. The zero-order valence-corrected chi connectivity index (χ0v) is 16.0. The predicted octanol–water partition coefficient (Wildman–Crippen LogP) is 6.78. The van der Waals surface area contributed by atoms with Gasteiger partial charge in [0.15, 0.2) is 0 Å². The molecule has 0 bridgehead atoms. The molecule has 3 atom stereocenters. The van der Waals surface area contributed by atoms with Crippen molar-refractivity contribution in [1.82, 2.24) is 0 Å². The summed E-state index contributed by atoms with van der Waals surface area (Å²) in [6.07, 6.45) is 14.1. The summed E-state index contributed by atoms with van der Waals surface area (Å²) in [5, 5.41) is 4.14. The van der Waals surface area contributed by atoms with Crippen LogP contribution < -0.4 is 5.32 Å². The van der Waals surface area contributed by atoms with Crippen LogP contribution in [0.15, 0.2) is 18.2 Å². The van der Waals surface area contributed by atoms with Crippen LogP contribution in [-0.2, 0) is 5.41 Å². The van der Waals surface area contributed by atoms with Crippen molar-refractivity contribution < 1.29 is 0 Å². The van der Waals surface area contributed by atoms with Crippen molar-refractivity contribution in [3.8, 4) is 0 Å². The van der Waals surface area contributed by atoms with Gasteiger partial charge in [-0.05, 0) is 61.1 Å². The Morgan fingerprint density at radius 3 is 2.75 bits per heavy atom. The van der Waals surface area contributed by atoms with Crippen LogP contribution >= 0.6 is 0 Å². The van der Waals surface area contributed by atoms with Gasteiger partial charge in [0.2, 0.25) is 0 Å². The molecule has 0 saturated heterocycles. The largest absolute Gasteiger partial charge is 0.378 e. The number of unbranched alkanes of at least 4 members (excludes halogenated alkanes) is 1. The highest BCUT2D eigenvalue weighted by Crippen LogP contribution is 2.64. The van der Waals surface area contributed by atoms with Crippen molar-refractivity contribution in [3.05, 3.63) is 29.3 Å². The molecule has 1 aromatic carbocycles. The van der Waals surface area contributed by atoms with E-state index in [0.717, 1.165) is 5.92 Å². The lowest BCUT2D eigenvalue weighted by Crippen LogP contribution is -2.59. The molecule has 1 aliphatic heterocycles. The van der Waals surface area contributed by atoms with Crippen LogP contribution in [0.2, 0.25) is 0 Å². The molecule has 1 unspecified atom stereocenters. The fourth-order valence-corrected chi connectivity index (χ4v) is 6.47. The predicted molar refractivity (Wildman–Crippen MR) is 104 cm³/mol. The van der Waals surface area contributed by atoms with Crippen molar-refractivity contribution in [2.45, 2.75) is 102 Å². The lowest BCUT2D eigenvalue weighted by molar-refractivity contribution is 0.0518. The SMILES string of the molecule is CCCC[C@@]12CCC[C@@H]3CCCCC31c1cc(C(C)C)ccc1N2. The summed E-state index contributed by atoms with van der Waals surface area (Å²) in [6.45, 7) is 7.03. The average molecular weight is 326 g/mol. The van der Waals surface area contributed by atoms with Gasteiger partial charge in [0.05, 0.1) is 0 Å². The van der Waals surface area contributed by atoms with Crippen LogP contribution in [0.4, 0.5) is 5.69 Å². The fraction of sp³-hybridized carbons (Fsp3) is 0.739. The molecule has 1 nitrogen and oxygen atoms in total. The maximum absolute atomic E-state index is 4.14. The van der Waals surface area contributed by atoms with Gasteiger partial charge in [0, 0.05) is 16.6 Å². The summed E-state index contributed by atoms with van der Waals surface area (Å²) in [5.41, 5.74) is 5.49. The van der Waals surface area contributed by atoms with E-state index in [9.17, 15) is 0 Å². The molecule has 1 aromatic rings. The zero-order valence-electron chi connectivity index (χ0n) is 16.0. The standard InChI is InChI=1S/C23H35N/c1-4-5-13-22-14-8-10-19-9-6-7-15-23(19,22)20-16-18(17(2)3)11-12-21(20)24-22/h11-12,16-17,19,24H,4-10,13-15H2,1-3H3/t19-,22+,23?/m0/s1. The molecule has 1 heterocycles. The van der Waals surface area contributed by atoms with Crippen LogP contribution in [0.5, 0.6) is 0 Å². The van der Waals surface area contributed by atoms with E-state index in [2.05, 4.69) is 44.3 Å². The molecule has 4 rings (SSSR count). The third-order valence-corrected chi connectivity index (χ3v) is 7.60. The lowest BCUT2D eigenvalue weighted by atomic mass is 9.49. The number of hydrogen-bond donors (Lipinski definition) is 1. The highest BCUT2D eigenvalue weighted by Gasteiger charge is 2.62. The maximum Gasteiger partial charge on any atom is 0.0473 e. The molecule has 0 radical (unpaired) electrons. The quantitative estimate of drug-likeness (QED) is 0.643. The summed E-state index contributed by atoms with van der Waals surface area (Å²) in [4.78, 5) is 0. The van der Waals surface area contributed by atoms with E-state index in [0.29, 0.717) is 16.9 Å². The first-order valence-corrected chi connectivity index (χ1v) is 10.6. The Morgan fingerprint density at radius 1 is 1.12 bits per heavy atom.